The number of aromatic nitrogens is 2. The Morgan fingerprint density at radius 1 is 1.43 bits per heavy atom. The Bertz CT molecular complexity index is 468. The molecule has 2 N–H and O–H groups in total. The number of imidazole rings is 1. The van der Waals surface area contributed by atoms with Crippen LogP contribution in [0.1, 0.15) is 49.9 Å². The highest BCUT2D eigenvalue weighted by Crippen LogP contribution is 2.16. The topological polar surface area (TPSA) is 73.4 Å². The smallest absolute Gasteiger partial charge is 0.360 e. The number of rotatable bonds is 8. The van der Waals surface area contributed by atoms with E-state index >= 15 is 0 Å². The molecule has 0 unspecified atom stereocenters. The Kier molecular flexibility index (Phi) is 6.68. The molecule has 0 bridgehead atoms. The van der Waals surface area contributed by atoms with Gasteiger partial charge in [0.2, 0.25) is 0 Å². The molecule has 0 amide bonds. The molecular weight excluding hydrogens is 268 g/mol. The van der Waals surface area contributed by atoms with Crippen LogP contribution in [0, 0.1) is 6.92 Å². The lowest BCUT2D eigenvalue weighted by atomic mass is 10.2. The maximum absolute atomic E-state index is 11.7. The Hall–Kier alpha value is -1.56. The van der Waals surface area contributed by atoms with Gasteiger partial charge >= 0.3 is 5.97 Å². The van der Waals surface area contributed by atoms with Crippen molar-refractivity contribution >= 4 is 11.8 Å². The highest BCUT2D eigenvalue weighted by Gasteiger charge is 2.19. The molecule has 0 aromatic carbocycles. The van der Waals surface area contributed by atoms with Crippen LogP contribution in [0.4, 0.5) is 5.82 Å². The van der Waals surface area contributed by atoms with E-state index in [-0.39, 0.29) is 5.69 Å². The van der Waals surface area contributed by atoms with E-state index in [0.717, 1.165) is 31.8 Å². The van der Waals surface area contributed by atoms with Crippen molar-refractivity contribution in [3.8, 4) is 0 Å². The molecule has 0 atom stereocenters. The van der Waals surface area contributed by atoms with Gasteiger partial charge in [-0.3, -0.25) is 0 Å². The molecule has 21 heavy (non-hydrogen) atoms. The van der Waals surface area contributed by atoms with Crippen molar-refractivity contribution in [2.75, 3.05) is 25.9 Å². The average molecular weight is 296 g/mol. The summed E-state index contributed by atoms with van der Waals surface area (Å²) in [4.78, 5) is 18.3. The van der Waals surface area contributed by atoms with Crippen molar-refractivity contribution in [3.63, 3.8) is 0 Å². The lowest BCUT2D eigenvalue weighted by Crippen LogP contribution is -2.27. The van der Waals surface area contributed by atoms with E-state index in [2.05, 4.69) is 30.8 Å². The summed E-state index contributed by atoms with van der Waals surface area (Å²) in [5, 5.41) is 0. The van der Waals surface area contributed by atoms with Crippen LogP contribution in [-0.4, -0.2) is 46.7 Å². The number of nitrogen functional groups attached to an aromatic ring is 1. The van der Waals surface area contributed by atoms with Crippen molar-refractivity contribution in [3.05, 3.63) is 11.5 Å². The first-order valence-electron chi connectivity index (χ1n) is 7.58. The number of aryl methyl sites for hydroxylation is 1. The zero-order chi connectivity index (χ0) is 16.0. The molecule has 0 aliphatic rings. The molecule has 0 saturated carbocycles. The SMILES string of the molecule is CCOC(=O)c1nc(C)n(CCCCN(C)C(C)C)c1N. The molecule has 1 rings (SSSR count). The van der Waals surface area contributed by atoms with Gasteiger partial charge in [0.05, 0.1) is 6.61 Å². The monoisotopic (exact) mass is 296 g/mol. The van der Waals surface area contributed by atoms with E-state index in [1.165, 1.54) is 0 Å². The molecule has 6 nitrogen and oxygen atoms in total. The third-order valence-electron chi connectivity index (χ3n) is 3.69. The third kappa shape index (κ3) is 4.74. The number of nitrogens with zero attached hydrogens (tertiary/aromatic N) is 3. The van der Waals surface area contributed by atoms with E-state index in [1.54, 1.807) is 6.92 Å². The van der Waals surface area contributed by atoms with Crippen molar-refractivity contribution in [2.45, 2.75) is 53.1 Å². The van der Waals surface area contributed by atoms with Gasteiger partial charge in [-0.1, -0.05) is 0 Å². The quantitative estimate of drug-likeness (QED) is 0.587. The number of carbonyl (C=O) groups is 1. The van der Waals surface area contributed by atoms with Gasteiger partial charge in [-0.15, -0.1) is 0 Å². The van der Waals surface area contributed by atoms with Gasteiger partial charge in [-0.05, 0) is 54.1 Å². The number of unbranched alkanes of at least 4 members (excludes halogenated alkanes) is 1. The summed E-state index contributed by atoms with van der Waals surface area (Å²) >= 11 is 0. The molecule has 0 aliphatic heterocycles. The molecule has 120 valence electrons. The molecule has 1 heterocycles. The van der Waals surface area contributed by atoms with Crippen LogP contribution in [0.25, 0.3) is 0 Å². The van der Waals surface area contributed by atoms with Gasteiger partial charge in [0.25, 0.3) is 0 Å². The van der Waals surface area contributed by atoms with Crippen LogP contribution in [0.2, 0.25) is 0 Å². The summed E-state index contributed by atoms with van der Waals surface area (Å²) in [6, 6.07) is 0.556. The second-order valence-corrected chi connectivity index (χ2v) is 5.55. The Morgan fingerprint density at radius 3 is 2.67 bits per heavy atom. The molecule has 0 radical (unpaired) electrons. The highest BCUT2D eigenvalue weighted by molar-refractivity contribution is 5.92. The van der Waals surface area contributed by atoms with Gasteiger partial charge in [-0.25, -0.2) is 9.78 Å². The van der Waals surface area contributed by atoms with Crippen LogP contribution in [-0.2, 0) is 11.3 Å². The Labute approximate surface area is 127 Å². The third-order valence-corrected chi connectivity index (χ3v) is 3.69. The summed E-state index contributed by atoms with van der Waals surface area (Å²) in [6.07, 6.45) is 2.08. The van der Waals surface area contributed by atoms with E-state index in [4.69, 9.17) is 10.5 Å². The maximum Gasteiger partial charge on any atom is 0.360 e. The normalized spacial score (nSPS) is 11.4. The van der Waals surface area contributed by atoms with Crippen LogP contribution in [0.3, 0.4) is 0 Å². The fraction of sp³-hybridized carbons (Fsp3) is 0.733. The molecule has 1 aromatic rings. The summed E-state index contributed by atoms with van der Waals surface area (Å²) in [5.41, 5.74) is 6.25. The fourth-order valence-electron chi connectivity index (χ4n) is 2.10. The highest BCUT2D eigenvalue weighted by atomic mass is 16.5. The first-order chi connectivity index (χ1) is 9.88. The van der Waals surface area contributed by atoms with Gasteiger partial charge in [-0.2, -0.15) is 0 Å². The fourth-order valence-corrected chi connectivity index (χ4v) is 2.10. The lowest BCUT2D eigenvalue weighted by Gasteiger charge is -2.20. The van der Waals surface area contributed by atoms with Crippen molar-refractivity contribution < 1.29 is 9.53 Å². The number of ether oxygens (including phenoxy) is 1. The first-order valence-corrected chi connectivity index (χ1v) is 7.58. The van der Waals surface area contributed by atoms with Crippen LogP contribution < -0.4 is 5.73 Å². The van der Waals surface area contributed by atoms with Gasteiger partial charge in [0, 0.05) is 12.6 Å². The number of nitrogens with two attached hydrogens (primary N) is 1. The molecular formula is C15H28N4O2. The van der Waals surface area contributed by atoms with E-state index in [9.17, 15) is 4.79 Å². The zero-order valence-electron chi connectivity index (χ0n) is 13.8. The molecule has 0 saturated heterocycles. The molecule has 0 spiro atoms. The van der Waals surface area contributed by atoms with Crippen LogP contribution in [0.15, 0.2) is 0 Å². The van der Waals surface area contributed by atoms with Crippen LogP contribution in [0.5, 0.6) is 0 Å². The Balaban J connectivity index is 2.58. The predicted molar refractivity (Wildman–Crippen MR) is 84.3 cm³/mol. The second kappa shape index (κ2) is 8.02. The van der Waals surface area contributed by atoms with Crippen LogP contribution >= 0.6 is 0 Å². The predicted octanol–water partition coefficient (Wildman–Crippen LogP) is 2.07. The van der Waals surface area contributed by atoms with Crippen molar-refractivity contribution in [2.24, 2.45) is 0 Å². The number of anilines is 1. The number of hydrogen-bond donors (Lipinski definition) is 1. The molecule has 0 aliphatic carbocycles. The number of hydrogen-bond acceptors (Lipinski definition) is 5. The number of carbonyl (C=O) groups excluding carboxylic acids is 1. The van der Waals surface area contributed by atoms with E-state index in [0.29, 0.717) is 18.5 Å². The molecule has 0 fully saturated rings. The summed E-state index contributed by atoms with van der Waals surface area (Å²) < 4.78 is 6.85. The lowest BCUT2D eigenvalue weighted by molar-refractivity contribution is 0.0521. The summed E-state index contributed by atoms with van der Waals surface area (Å²) in [6.45, 7) is 10.1. The van der Waals surface area contributed by atoms with Gasteiger partial charge in [0.1, 0.15) is 11.6 Å². The van der Waals surface area contributed by atoms with Gasteiger partial charge < -0.3 is 19.9 Å². The molecule has 1 aromatic heterocycles. The van der Waals surface area contributed by atoms with Crippen molar-refractivity contribution in [1.29, 1.82) is 0 Å². The Morgan fingerprint density at radius 2 is 2.10 bits per heavy atom. The summed E-state index contributed by atoms with van der Waals surface area (Å²) in [7, 11) is 2.13. The van der Waals surface area contributed by atoms with E-state index < -0.39 is 5.97 Å². The average Bonchev–Trinajstić information content (AvgIpc) is 2.70. The second-order valence-electron chi connectivity index (χ2n) is 5.55. The molecule has 6 heteroatoms. The minimum Gasteiger partial charge on any atom is -0.461 e. The minimum absolute atomic E-state index is 0.230. The number of esters is 1. The summed E-state index contributed by atoms with van der Waals surface area (Å²) in [5.74, 6) is 0.715. The van der Waals surface area contributed by atoms with Crippen molar-refractivity contribution in [1.82, 2.24) is 14.5 Å². The minimum atomic E-state index is -0.448. The first kappa shape index (κ1) is 17.5. The van der Waals surface area contributed by atoms with Gasteiger partial charge in [0.15, 0.2) is 5.69 Å². The van der Waals surface area contributed by atoms with E-state index in [1.807, 2.05) is 11.5 Å². The maximum atomic E-state index is 11.7. The standard InChI is InChI=1S/C15H28N4O2/c1-6-21-15(20)13-14(16)19(12(4)17-13)10-8-7-9-18(5)11(2)3/h11H,6-10,16H2,1-5H3. The zero-order valence-corrected chi connectivity index (χ0v) is 13.8. The largest absolute Gasteiger partial charge is 0.461 e.